The van der Waals surface area contributed by atoms with Crippen molar-refractivity contribution in [3.05, 3.63) is 90.3 Å². The molecule has 5 nitrogen and oxygen atoms in total. The Hall–Kier alpha value is -3.57. The summed E-state index contributed by atoms with van der Waals surface area (Å²) in [5.41, 5.74) is 4.00. The van der Waals surface area contributed by atoms with Crippen LogP contribution in [-0.2, 0) is 11.2 Å². The second-order valence-corrected chi connectivity index (χ2v) is 7.32. The number of methoxy groups -OCH3 is 1. The minimum absolute atomic E-state index is 0.00334. The van der Waals surface area contributed by atoms with Crippen LogP contribution in [-0.4, -0.2) is 29.2 Å². The van der Waals surface area contributed by atoms with Gasteiger partial charge in [-0.05, 0) is 42.5 Å². The minimum Gasteiger partial charge on any atom is -0.463 e. The maximum Gasteiger partial charge on any atom is 0.210 e. The fourth-order valence-electron chi connectivity index (χ4n) is 3.89. The average Bonchev–Trinajstić information content (AvgIpc) is 2.81. The molecular weight excluding hydrogens is 376 g/mol. The molecule has 0 spiro atoms. The number of aromatic nitrogens is 2. The Labute approximate surface area is 174 Å². The summed E-state index contributed by atoms with van der Waals surface area (Å²) in [6.45, 7) is 0. The van der Waals surface area contributed by atoms with Crippen molar-refractivity contribution in [1.82, 2.24) is 9.97 Å². The van der Waals surface area contributed by atoms with E-state index in [1.807, 2.05) is 72.8 Å². The number of ketones is 1. The number of carbonyl (C=O) groups excluding carboxylic acids is 1. The predicted molar refractivity (Wildman–Crippen MR) is 114 cm³/mol. The molecule has 1 aliphatic rings. The molecule has 0 radical (unpaired) electrons. The summed E-state index contributed by atoms with van der Waals surface area (Å²) in [7, 11) is 1.56. The number of hydrogen-bond donors (Lipinski definition) is 0. The number of benzene rings is 2. The van der Waals surface area contributed by atoms with Gasteiger partial charge in [0.15, 0.2) is 5.78 Å². The van der Waals surface area contributed by atoms with Gasteiger partial charge in [0.25, 0.3) is 0 Å². The van der Waals surface area contributed by atoms with Crippen LogP contribution in [0.1, 0.15) is 16.1 Å². The Morgan fingerprint density at radius 1 is 1.00 bits per heavy atom. The zero-order valence-electron chi connectivity index (χ0n) is 16.5. The van der Waals surface area contributed by atoms with Crippen LogP contribution >= 0.6 is 0 Å². The van der Waals surface area contributed by atoms with E-state index >= 15 is 0 Å². The second kappa shape index (κ2) is 7.69. The van der Waals surface area contributed by atoms with Crippen molar-refractivity contribution in [1.29, 1.82) is 0 Å². The number of rotatable bonds is 4. The zero-order chi connectivity index (χ0) is 20.5. The molecule has 1 aliphatic heterocycles. The lowest BCUT2D eigenvalue weighted by molar-refractivity contribution is -0.0882. The van der Waals surface area contributed by atoms with Crippen LogP contribution in [0, 0.1) is 5.92 Å². The van der Waals surface area contributed by atoms with E-state index < -0.39 is 12.2 Å². The fraction of sp³-hybridized carbons (Fsp3) is 0.160. The molecule has 0 unspecified atom stereocenters. The van der Waals surface area contributed by atoms with E-state index in [-0.39, 0.29) is 5.78 Å². The first-order valence-corrected chi connectivity index (χ1v) is 9.87. The van der Waals surface area contributed by atoms with E-state index in [9.17, 15) is 4.79 Å². The largest absolute Gasteiger partial charge is 0.463 e. The molecule has 3 heterocycles. The number of ether oxygens (including phenoxy) is 2. The highest BCUT2D eigenvalue weighted by atomic mass is 16.7. The molecule has 0 N–H and O–H groups in total. The molecule has 2 atom stereocenters. The highest BCUT2D eigenvalue weighted by Crippen LogP contribution is 2.35. The summed E-state index contributed by atoms with van der Waals surface area (Å²) in [4.78, 5) is 22.5. The Bertz CT molecular complexity index is 1220. The van der Waals surface area contributed by atoms with Gasteiger partial charge >= 0.3 is 0 Å². The smallest absolute Gasteiger partial charge is 0.210 e. The molecule has 5 heteroatoms. The second-order valence-electron chi connectivity index (χ2n) is 7.32. The van der Waals surface area contributed by atoms with E-state index in [0.717, 1.165) is 27.9 Å². The molecular formula is C25H20N2O3. The normalized spacial score (nSPS) is 18.1. The predicted octanol–water partition coefficient (Wildman–Crippen LogP) is 4.70. The standard InChI is InChI=1S/C25H20N2O3/c1-29-25-20(15-18-7-4-5-13-26-18)24(28)19-14-17(10-12-23(19)30-25)22-11-9-16-6-2-3-8-21(16)27-22/h2-14,20,25H,15H2,1H3/t20-,25-/m1/s1. The van der Waals surface area contributed by atoms with E-state index in [0.29, 0.717) is 17.7 Å². The summed E-state index contributed by atoms with van der Waals surface area (Å²) in [5, 5.41) is 1.08. The van der Waals surface area contributed by atoms with Crippen LogP contribution in [0.15, 0.2) is 79.0 Å². The molecule has 0 saturated heterocycles. The third kappa shape index (κ3) is 3.33. The first-order valence-electron chi connectivity index (χ1n) is 9.87. The van der Waals surface area contributed by atoms with Crippen LogP contribution in [0.25, 0.3) is 22.2 Å². The summed E-state index contributed by atoms with van der Waals surface area (Å²) < 4.78 is 11.5. The molecule has 0 fully saturated rings. The third-order valence-electron chi connectivity index (χ3n) is 5.44. The molecule has 0 amide bonds. The minimum atomic E-state index is -0.642. The Morgan fingerprint density at radius 3 is 2.70 bits per heavy atom. The molecule has 2 aromatic carbocycles. The Kier molecular flexibility index (Phi) is 4.73. The first-order chi connectivity index (χ1) is 14.7. The number of pyridine rings is 2. The Morgan fingerprint density at radius 2 is 1.87 bits per heavy atom. The maximum absolute atomic E-state index is 13.4. The molecule has 0 aliphatic carbocycles. The maximum atomic E-state index is 13.4. The molecule has 0 saturated carbocycles. The number of nitrogens with zero attached hydrogens (tertiary/aromatic N) is 2. The number of carbonyl (C=O) groups is 1. The zero-order valence-corrected chi connectivity index (χ0v) is 16.5. The summed E-state index contributed by atoms with van der Waals surface area (Å²) in [5.74, 6) is 0.0715. The highest BCUT2D eigenvalue weighted by Gasteiger charge is 2.38. The summed E-state index contributed by atoms with van der Waals surface area (Å²) in [6.07, 6.45) is 1.54. The molecule has 4 aromatic rings. The van der Waals surface area contributed by atoms with Crippen LogP contribution in [0.4, 0.5) is 0 Å². The van der Waals surface area contributed by atoms with Crippen LogP contribution in [0.3, 0.4) is 0 Å². The van der Waals surface area contributed by atoms with Gasteiger partial charge in [-0.1, -0.05) is 30.3 Å². The van der Waals surface area contributed by atoms with Gasteiger partial charge in [-0.2, -0.15) is 0 Å². The van der Waals surface area contributed by atoms with Gasteiger partial charge in [0, 0.05) is 36.4 Å². The van der Waals surface area contributed by atoms with Gasteiger partial charge in [0.2, 0.25) is 6.29 Å². The third-order valence-corrected chi connectivity index (χ3v) is 5.44. The monoisotopic (exact) mass is 396 g/mol. The van der Waals surface area contributed by atoms with Crippen molar-refractivity contribution in [3.63, 3.8) is 0 Å². The molecule has 30 heavy (non-hydrogen) atoms. The van der Waals surface area contributed by atoms with Crippen molar-refractivity contribution < 1.29 is 14.3 Å². The SMILES string of the molecule is CO[C@@H]1Oc2ccc(-c3ccc4ccccc4n3)cc2C(=O)[C@H]1Cc1ccccn1. The van der Waals surface area contributed by atoms with Gasteiger partial charge in [-0.3, -0.25) is 9.78 Å². The van der Waals surface area contributed by atoms with E-state index in [1.54, 1.807) is 13.3 Å². The average molecular weight is 396 g/mol. The molecule has 5 rings (SSSR count). The quantitative estimate of drug-likeness (QED) is 0.500. The van der Waals surface area contributed by atoms with Gasteiger partial charge in [0.05, 0.1) is 22.7 Å². The van der Waals surface area contributed by atoms with Gasteiger partial charge in [-0.15, -0.1) is 0 Å². The lowest BCUT2D eigenvalue weighted by Crippen LogP contribution is -2.40. The van der Waals surface area contributed by atoms with Crippen LogP contribution in [0.5, 0.6) is 5.75 Å². The van der Waals surface area contributed by atoms with Crippen molar-refractivity contribution in [2.24, 2.45) is 5.92 Å². The van der Waals surface area contributed by atoms with Crippen LogP contribution in [0.2, 0.25) is 0 Å². The summed E-state index contributed by atoms with van der Waals surface area (Å²) >= 11 is 0. The lowest BCUT2D eigenvalue weighted by Gasteiger charge is -2.31. The highest BCUT2D eigenvalue weighted by molar-refractivity contribution is 6.02. The molecule has 0 bridgehead atoms. The fourth-order valence-corrected chi connectivity index (χ4v) is 3.89. The van der Waals surface area contributed by atoms with Gasteiger partial charge in [-0.25, -0.2) is 4.98 Å². The number of Topliss-reactive ketones (excluding diaryl/α,β-unsaturated/α-hetero) is 1. The number of para-hydroxylation sites is 1. The molecule has 2 aromatic heterocycles. The van der Waals surface area contributed by atoms with Crippen molar-refractivity contribution in [3.8, 4) is 17.0 Å². The van der Waals surface area contributed by atoms with Crippen LogP contribution < -0.4 is 4.74 Å². The molecule has 148 valence electrons. The number of hydrogen-bond acceptors (Lipinski definition) is 5. The lowest BCUT2D eigenvalue weighted by atomic mass is 9.88. The van der Waals surface area contributed by atoms with Crippen molar-refractivity contribution in [2.45, 2.75) is 12.7 Å². The summed E-state index contributed by atoms with van der Waals surface area (Å²) in [6, 6.07) is 23.3. The Balaban J connectivity index is 1.52. The van der Waals surface area contributed by atoms with E-state index in [2.05, 4.69) is 4.98 Å². The number of fused-ring (bicyclic) bond motifs is 2. The van der Waals surface area contributed by atoms with Crippen molar-refractivity contribution >= 4 is 16.7 Å². The van der Waals surface area contributed by atoms with E-state index in [4.69, 9.17) is 14.5 Å². The van der Waals surface area contributed by atoms with Gasteiger partial charge < -0.3 is 9.47 Å². The first kappa shape index (κ1) is 18.5. The topological polar surface area (TPSA) is 61.3 Å². The van der Waals surface area contributed by atoms with Gasteiger partial charge in [0.1, 0.15) is 5.75 Å². The van der Waals surface area contributed by atoms with Crippen molar-refractivity contribution in [2.75, 3.05) is 7.11 Å². The van der Waals surface area contributed by atoms with E-state index in [1.165, 1.54) is 0 Å².